The van der Waals surface area contributed by atoms with Crippen LogP contribution in [0, 0.1) is 0 Å². The summed E-state index contributed by atoms with van der Waals surface area (Å²) in [7, 11) is 4.94. The van der Waals surface area contributed by atoms with E-state index in [4.69, 9.17) is 18.9 Å². The Morgan fingerprint density at radius 2 is 1.56 bits per heavy atom. The predicted molar refractivity (Wildman–Crippen MR) is 104 cm³/mol. The molecular weight excluding hydrogens is 367 g/mol. The van der Waals surface area contributed by atoms with Crippen LogP contribution in [0.2, 0.25) is 0 Å². The fourth-order valence-corrected chi connectivity index (χ4v) is 2.71. The van der Waals surface area contributed by atoms with E-state index in [1.807, 2.05) is 12.1 Å². The molecule has 1 N–H and O–H groups in total. The normalized spacial score (nSPS) is 14.2. The van der Waals surface area contributed by atoms with Gasteiger partial charge in [-0.25, -0.2) is 0 Å². The Hall–Kier alpha value is -0.920. The van der Waals surface area contributed by atoms with Gasteiger partial charge in [-0.3, -0.25) is 4.90 Å². The monoisotopic (exact) mass is 396 g/mol. The zero-order chi connectivity index (χ0) is 16.5. The van der Waals surface area contributed by atoms with E-state index in [0.29, 0.717) is 5.75 Å². The van der Waals surface area contributed by atoms with Crippen LogP contribution in [0.15, 0.2) is 12.1 Å². The number of halogens is 2. The van der Waals surface area contributed by atoms with Gasteiger partial charge >= 0.3 is 0 Å². The second-order valence-corrected chi connectivity index (χ2v) is 5.50. The molecule has 1 aliphatic rings. The van der Waals surface area contributed by atoms with Crippen molar-refractivity contribution in [2.75, 3.05) is 60.7 Å². The molecule has 0 unspecified atom stereocenters. The minimum atomic E-state index is 0. The number of hydrogen-bond acceptors (Lipinski definition) is 6. The SMILES string of the molecule is COc1cc(OC)c(OC)cc1CNCCCN1CCOCC1.Cl.Cl. The molecular formula is C17H30Cl2N2O4. The van der Waals surface area contributed by atoms with E-state index < -0.39 is 0 Å². The Morgan fingerprint density at radius 1 is 0.960 bits per heavy atom. The first-order chi connectivity index (χ1) is 11.3. The van der Waals surface area contributed by atoms with Gasteiger partial charge in [0.15, 0.2) is 11.5 Å². The first-order valence-corrected chi connectivity index (χ1v) is 8.08. The summed E-state index contributed by atoms with van der Waals surface area (Å²) >= 11 is 0. The number of morpholine rings is 1. The van der Waals surface area contributed by atoms with Gasteiger partial charge < -0.3 is 24.3 Å². The molecule has 8 heteroatoms. The maximum absolute atomic E-state index is 5.44. The summed E-state index contributed by atoms with van der Waals surface area (Å²) in [4.78, 5) is 2.45. The lowest BCUT2D eigenvalue weighted by molar-refractivity contribution is 0.0374. The molecule has 0 aliphatic carbocycles. The van der Waals surface area contributed by atoms with Crippen molar-refractivity contribution in [1.29, 1.82) is 0 Å². The Bertz CT molecular complexity index is 486. The third-order valence-electron chi connectivity index (χ3n) is 4.03. The van der Waals surface area contributed by atoms with Crippen LogP contribution in [0.5, 0.6) is 17.2 Å². The van der Waals surface area contributed by atoms with Crippen LogP contribution < -0.4 is 19.5 Å². The van der Waals surface area contributed by atoms with Crippen LogP contribution in [-0.2, 0) is 11.3 Å². The van der Waals surface area contributed by atoms with Crippen LogP contribution in [-0.4, -0.2) is 65.6 Å². The van der Waals surface area contributed by atoms with Gasteiger partial charge in [-0.2, -0.15) is 0 Å². The van der Waals surface area contributed by atoms with Crippen LogP contribution in [0.4, 0.5) is 0 Å². The minimum Gasteiger partial charge on any atom is -0.496 e. The van der Waals surface area contributed by atoms with E-state index in [1.165, 1.54) is 0 Å². The molecule has 0 spiro atoms. The van der Waals surface area contributed by atoms with Crippen LogP contribution in [0.3, 0.4) is 0 Å². The molecule has 1 heterocycles. The highest BCUT2D eigenvalue weighted by Crippen LogP contribution is 2.34. The Labute approximate surface area is 163 Å². The van der Waals surface area contributed by atoms with Gasteiger partial charge in [-0.15, -0.1) is 24.8 Å². The highest BCUT2D eigenvalue weighted by atomic mass is 35.5. The highest BCUT2D eigenvalue weighted by molar-refractivity contribution is 5.85. The number of benzene rings is 1. The molecule has 1 aliphatic heterocycles. The number of nitrogens with zero attached hydrogens (tertiary/aromatic N) is 1. The lowest BCUT2D eigenvalue weighted by atomic mass is 10.1. The molecule has 0 atom stereocenters. The van der Waals surface area contributed by atoms with Crippen molar-refractivity contribution in [1.82, 2.24) is 10.2 Å². The summed E-state index contributed by atoms with van der Waals surface area (Å²) in [5, 5.41) is 3.47. The number of hydrogen-bond donors (Lipinski definition) is 1. The first-order valence-electron chi connectivity index (χ1n) is 8.08. The summed E-state index contributed by atoms with van der Waals surface area (Å²) < 4.78 is 21.5. The molecule has 25 heavy (non-hydrogen) atoms. The Balaban J connectivity index is 0.00000288. The Morgan fingerprint density at radius 3 is 2.16 bits per heavy atom. The van der Waals surface area contributed by atoms with Crippen molar-refractivity contribution in [2.45, 2.75) is 13.0 Å². The summed E-state index contributed by atoms with van der Waals surface area (Å²) in [5.41, 5.74) is 1.07. The van der Waals surface area contributed by atoms with Gasteiger partial charge in [0.25, 0.3) is 0 Å². The molecule has 0 saturated carbocycles. The van der Waals surface area contributed by atoms with Crippen molar-refractivity contribution in [2.24, 2.45) is 0 Å². The summed E-state index contributed by atoms with van der Waals surface area (Å²) in [6, 6.07) is 3.83. The molecule has 0 bridgehead atoms. The quantitative estimate of drug-likeness (QED) is 0.646. The van der Waals surface area contributed by atoms with Gasteiger partial charge in [0, 0.05) is 31.3 Å². The average Bonchev–Trinajstić information content (AvgIpc) is 2.61. The Kier molecular flexibility index (Phi) is 12.8. The predicted octanol–water partition coefficient (Wildman–Crippen LogP) is 2.37. The van der Waals surface area contributed by atoms with E-state index in [2.05, 4.69) is 10.2 Å². The molecule has 0 aromatic heterocycles. The molecule has 0 radical (unpaired) electrons. The number of methoxy groups -OCH3 is 3. The number of nitrogens with one attached hydrogen (secondary N) is 1. The fourth-order valence-electron chi connectivity index (χ4n) is 2.71. The third kappa shape index (κ3) is 7.46. The molecule has 1 fully saturated rings. The molecule has 1 saturated heterocycles. The van der Waals surface area contributed by atoms with E-state index in [1.54, 1.807) is 21.3 Å². The lowest BCUT2D eigenvalue weighted by Crippen LogP contribution is -2.37. The lowest BCUT2D eigenvalue weighted by Gasteiger charge is -2.26. The standard InChI is InChI=1S/C17H28N2O4.2ClH/c1-20-15-12-17(22-3)16(21-2)11-14(15)13-18-5-4-6-19-7-9-23-10-8-19;;/h11-12,18H,4-10,13H2,1-3H3;2*1H. The van der Waals surface area contributed by atoms with Gasteiger partial charge in [0.2, 0.25) is 0 Å². The largest absolute Gasteiger partial charge is 0.496 e. The van der Waals surface area contributed by atoms with Crippen molar-refractivity contribution < 1.29 is 18.9 Å². The molecule has 6 nitrogen and oxygen atoms in total. The zero-order valence-corrected chi connectivity index (χ0v) is 16.8. The van der Waals surface area contributed by atoms with Crippen molar-refractivity contribution in [3.05, 3.63) is 17.7 Å². The van der Waals surface area contributed by atoms with Gasteiger partial charge in [0.05, 0.1) is 34.5 Å². The molecule has 2 rings (SSSR count). The smallest absolute Gasteiger partial charge is 0.164 e. The van der Waals surface area contributed by atoms with Crippen LogP contribution >= 0.6 is 24.8 Å². The molecule has 146 valence electrons. The number of rotatable bonds is 9. The highest BCUT2D eigenvalue weighted by Gasteiger charge is 2.12. The second kappa shape index (κ2) is 13.3. The van der Waals surface area contributed by atoms with Crippen LogP contribution in [0.1, 0.15) is 12.0 Å². The number of ether oxygens (including phenoxy) is 4. The van der Waals surface area contributed by atoms with Crippen molar-refractivity contribution in [3.8, 4) is 17.2 Å². The van der Waals surface area contributed by atoms with E-state index in [9.17, 15) is 0 Å². The van der Waals surface area contributed by atoms with E-state index in [0.717, 1.165) is 69.4 Å². The van der Waals surface area contributed by atoms with E-state index in [-0.39, 0.29) is 24.8 Å². The van der Waals surface area contributed by atoms with Gasteiger partial charge in [-0.1, -0.05) is 0 Å². The summed E-state index contributed by atoms with van der Waals surface area (Å²) in [6.07, 6.45) is 1.12. The first kappa shape index (κ1) is 24.1. The van der Waals surface area contributed by atoms with Gasteiger partial charge in [-0.05, 0) is 25.6 Å². The summed E-state index contributed by atoms with van der Waals surface area (Å²) in [5.74, 6) is 2.21. The third-order valence-corrected chi connectivity index (χ3v) is 4.03. The minimum absolute atomic E-state index is 0. The van der Waals surface area contributed by atoms with Crippen molar-refractivity contribution in [3.63, 3.8) is 0 Å². The average molecular weight is 397 g/mol. The van der Waals surface area contributed by atoms with Crippen LogP contribution in [0.25, 0.3) is 0 Å². The fraction of sp³-hybridized carbons (Fsp3) is 0.647. The topological polar surface area (TPSA) is 52.2 Å². The molecule has 1 aromatic carbocycles. The maximum atomic E-state index is 5.44. The maximum Gasteiger partial charge on any atom is 0.164 e. The summed E-state index contributed by atoms with van der Waals surface area (Å²) in [6.45, 7) is 6.63. The van der Waals surface area contributed by atoms with Crippen molar-refractivity contribution >= 4 is 24.8 Å². The molecule has 0 amide bonds. The van der Waals surface area contributed by atoms with Gasteiger partial charge in [0.1, 0.15) is 5.75 Å². The second-order valence-electron chi connectivity index (χ2n) is 5.50. The molecule has 1 aromatic rings. The zero-order valence-electron chi connectivity index (χ0n) is 15.2. The van der Waals surface area contributed by atoms with E-state index >= 15 is 0 Å².